The van der Waals surface area contributed by atoms with Gasteiger partial charge >= 0.3 is 0 Å². The van der Waals surface area contributed by atoms with Crippen LogP contribution >= 0.6 is 0 Å². The number of fused-ring (bicyclic) bond motifs is 1. The second-order valence-electron chi connectivity index (χ2n) is 1.95. The molecule has 46 valence electrons. The summed E-state index contributed by atoms with van der Waals surface area (Å²) in [5.74, 6) is 0. The molecule has 0 fully saturated rings. The van der Waals surface area contributed by atoms with Crippen molar-refractivity contribution in [2.24, 2.45) is 0 Å². The van der Waals surface area contributed by atoms with Crippen LogP contribution in [0.15, 0.2) is 24.5 Å². The highest BCUT2D eigenvalue weighted by molar-refractivity contribution is 5.76. The SMILES string of the molecule is [c]1[c]nc2cnccc2c1. The van der Waals surface area contributed by atoms with Crippen LogP contribution in [0, 0.1) is 12.3 Å². The Morgan fingerprint density at radius 1 is 1.40 bits per heavy atom. The molecule has 2 radical (unpaired) electrons. The predicted octanol–water partition coefficient (Wildman–Crippen LogP) is 1.23. The fraction of sp³-hybridized carbons (Fsp3) is 0. The Balaban J connectivity index is 2.89. The first kappa shape index (κ1) is 5.35. The van der Waals surface area contributed by atoms with Crippen molar-refractivity contribution in [3.63, 3.8) is 0 Å². The Labute approximate surface area is 58.6 Å². The number of nitrogens with zero attached hydrogens (tertiary/aromatic N) is 2. The number of rotatable bonds is 0. The predicted molar refractivity (Wildman–Crippen MR) is 37.2 cm³/mol. The topological polar surface area (TPSA) is 25.8 Å². The minimum Gasteiger partial charge on any atom is -0.262 e. The number of aromatic nitrogens is 2. The molecule has 2 heteroatoms. The third-order valence-corrected chi connectivity index (χ3v) is 1.30. The van der Waals surface area contributed by atoms with Crippen LogP contribution in [-0.4, -0.2) is 9.97 Å². The van der Waals surface area contributed by atoms with Gasteiger partial charge in [-0.15, -0.1) is 0 Å². The molecule has 0 aliphatic rings. The molecule has 2 rings (SSSR count). The molecule has 0 spiro atoms. The molecule has 0 N–H and O–H groups in total. The van der Waals surface area contributed by atoms with E-state index in [0.29, 0.717) is 0 Å². The molecular formula is C8H4N2. The summed E-state index contributed by atoms with van der Waals surface area (Å²) in [6, 6.07) is 6.50. The zero-order valence-corrected chi connectivity index (χ0v) is 5.20. The highest BCUT2D eigenvalue weighted by atomic mass is 14.7. The van der Waals surface area contributed by atoms with Gasteiger partial charge < -0.3 is 0 Å². The number of hydrogen-bond acceptors (Lipinski definition) is 2. The van der Waals surface area contributed by atoms with Crippen molar-refractivity contribution in [1.29, 1.82) is 0 Å². The Morgan fingerprint density at radius 3 is 3.30 bits per heavy atom. The van der Waals surface area contributed by atoms with Crippen molar-refractivity contribution >= 4 is 10.9 Å². The third-order valence-electron chi connectivity index (χ3n) is 1.30. The smallest absolute Gasteiger partial charge is 0.0980 e. The van der Waals surface area contributed by atoms with Gasteiger partial charge in [0.15, 0.2) is 0 Å². The molecule has 2 heterocycles. The quantitative estimate of drug-likeness (QED) is 0.533. The second-order valence-corrected chi connectivity index (χ2v) is 1.95. The molecule has 0 saturated heterocycles. The van der Waals surface area contributed by atoms with E-state index in [-0.39, 0.29) is 0 Å². The van der Waals surface area contributed by atoms with Crippen molar-refractivity contribution < 1.29 is 0 Å². The molecule has 0 aliphatic heterocycles. The fourth-order valence-corrected chi connectivity index (χ4v) is 0.815. The Bertz CT molecular complexity index is 278. The van der Waals surface area contributed by atoms with E-state index >= 15 is 0 Å². The molecule has 0 aliphatic carbocycles. The first-order valence-electron chi connectivity index (χ1n) is 2.95. The van der Waals surface area contributed by atoms with Gasteiger partial charge in [0.25, 0.3) is 0 Å². The van der Waals surface area contributed by atoms with Crippen LogP contribution in [0.25, 0.3) is 10.9 Å². The fourth-order valence-electron chi connectivity index (χ4n) is 0.815. The molecule has 0 amide bonds. The van der Waals surface area contributed by atoms with Crippen LogP contribution in [0.2, 0.25) is 0 Å². The average Bonchev–Trinajstić information content (AvgIpc) is 2.05. The lowest BCUT2D eigenvalue weighted by Gasteiger charge is -1.90. The Morgan fingerprint density at radius 2 is 2.40 bits per heavy atom. The minimum absolute atomic E-state index is 0.862. The summed E-state index contributed by atoms with van der Waals surface area (Å²) in [6.45, 7) is 0. The van der Waals surface area contributed by atoms with Crippen LogP contribution in [0.5, 0.6) is 0 Å². The lowest BCUT2D eigenvalue weighted by Crippen LogP contribution is -1.77. The van der Waals surface area contributed by atoms with E-state index in [1.54, 1.807) is 12.4 Å². The van der Waals surface area contributed by atoms with E-state index < -0.39 is 0 Å². The lowest BCUT2D eigenvalue weighted by atomic mass is 10.3. The number of hydrogen-bond donors (Lipinski definition) is 0. The van der Waals surface area contributed by atoms with E-state index in [1.807, 2.05) is 12.1 Å². The van der Waals surface area contributed by atoms with Gasteiger partial charge in [-0.3, -0.25) is 4.98 Å². The summed E-state index contributed by atoms with van der Waals surface area (Å²) in [5.41, 5.74) is 0.862. The van der Waals surface area contributed by atoms with Crippen LogP contribution in [-0.2, 0) is 0 Å². The summed E-state index contributed by atoms with van der Waals surface area (Å²) in [4.78, 5) is 7.85. The van der Waals surface area contributed by atoms with Gasteiger partial charge in [0.1, 0.15) is 0 Å². The summed E-state index contributed by atoms with van der Waals surface area (Å²) in [7, 11) is 0. The lowest BCUT2D eigenvalue weighted by molar-refractivity contribution is 1.30. The molecular weight excluding hydrogens is 124 g/mol. The van der Waals surface area contributed by atoms with Gasteiger partial charge in [-0.05, 0) is 12.1 Å². The van der Waals surface area contributed by atoms with E-state index in [4.69, 9.17) is 0 Å². The first-order valence-corrected chi connectivity index (χ1v) is 2.95. The Kier molecular flexibility index (Phi) is 1.10. The van der Waals surface area contributed by atoms with Crippen molar-refractivity contribution in [2.45, 2.75) is 0 Å². The van der Waals surface area contributed by atoms with Crippen molar-refractivity contribution in [2.75, 3.05) is 0 Å². The maximum absolute atomic E-state index is 3.94. The highest BCUT2D eigenvalue weighted by Gasteiger charge is 1.88. The Hall–Kier alpha value is -1.44. The van der Waals surface area contributed by atoms with Crippen molar-refractivity contribution in [3.05, 3.63) is 36.8 Å². The maximum Gasteiger partial charge on any atom is 0.0980 e. The molecule has 10 heavy (non-hydrogen) atoms. The summed E-state index contributed by atoms with van der Waals surface area (Å²) in [6.07, 6.45) is 6.06. The average molecular weight is 128 g/mol. The van der Waals surface area contributed by atoms with Crippen LogP contribution in [0.3, 0.4) is 0 Å². The highest BCUT2D eigenvalue weighted by Crippen LogP contribution is 2.05. The summed E-state index contributed by atoms with van der Waals surface area (Å²) in [5, 5.41) is 1.05. The zero-order valence-electron chi connectivity index (χ0n) is 5.20. The van der Waals surface area contributed by atoms with Gasteiger partial charge in [-0.2, -0.15) is 0 Å². The van der Waals surface area contributed by atoms with Gasteiger partial charge in [0.2, 0.25) is 0 Å². The standard InChI is InChI=1S/C8H4N2/c1-2-7-3-5-9-6-8(7)10-4-1/h2-3,5-6H. The van der Waals surface area contributed by atoms with E-state index in [1.165, 1.54) is 0 Å². The molecule has 0 saturated carbocycles. The number of pyridine rings is 2. The van der Waals surface area contributed by atoms with Gasteiger partial charge in [0.05, 0.1) is 17.9 Å². The molecule has 0 unspecified atom stereocenters. The van der Waals surface area contributed by atoms with E-state index in [0.717, 1.165) is 10.9 Å². The molecule has 0 aromatic carbocycles. The largest absolute Gasteiger partial charge is 0.262 e. The zero-order chi connectivity index (χ0) is 6.81. The van der Waals surface area contributed by atoms with Gasteiger partial charge in [-0.1, -0.05) is 0 Å². The first-order chi connectivity index (χ1) is 4.97. The normalized spacial score (nSPS) is 10.0. The van der Waals surface area contributed by atoms with Crippen molar-refractivity contribution in [3.8, 4) is 0 Å². The molecule has 2 nitrogen and oxygen atoms in total. The molecule has 2 aromatic rings. The van der Waals surface area contributed by atoms with Crippen molar-refractivity contribution in [1.82, 2.24) is 9.97 Å². The maximum atomic E-state index is 3.94. The molecule has 0 bridgehead atoms. The molecule has 2 aromatic heterocycles. The minimum atomic E-state index is 0.862. The van der Waals surface area contributed by atoms with Crippen LogP contribution in [0.1, 0.15) is 0 Å². The van der Waals surface area contributed by atoms with Crippen LogP contribution < -0.4 is 0 Å². The summed E-state index contributed by atoms with van der Waals surface area (Å²) < 4.78 is 0. The van der Waals surface area contributed by atoms with E-state index in [2.05, 4.69) is 22.2 Å². The third kappa shape index (κ3) is 0.739. The van der Waals surface area contributed by atoms with Gasteiger partial charge in [0, 0.05) is 17.6 Å². The van der Waals surface area contributed by atoms with Gasteiger partial charge in [-0.25, -0.2) is 4.98 Å². The summed E-state index contributed by atoms with van der Waals surface area (Å²) >= 11 is 0. The molecule has 0 atom stereocenters. The van der Waals surface area contributed by atoms with E-state index in [9.17, 15) is 0 Å². The second kappa shape index (κ2) is 2.06. The van der Waals surface area contributed by atoms with Crippen LogP contribution in [0.4, 0.5) is 0 Å². The monoisotopic (exact) mass is 128 g/mol.